The van der Waals surface area contributed by atoms with E-state index in [9.17, 15) is 0 Å². The van der Waals surface area contributed by atoms with Crippen LogP contribution < -0.4 is 0 Å². The Morgan fingerprint density at radius 2 is 1.05 bits per heavy atom. The minimum absolute atomic E-state index is 0.515. The number of nitrogens with zero attached hydrogens (tertiary/aromatic N) is 6. The molecule has 0 spiro atoms. The van der Waals surface area contributed by atoms with Gasteiger partial charge in [-0.05, 0) is 53.6 Å². The number of rotatable bonds is 6. The van der Waals surface area contributed by atoms with Gasteiger partial charge >= 0.3 is 0 Å². The molecule has 0 bridgehead atoms. The number of hydrogen-bond donors (Lipinski definition) is 0. The van der Waals surface area contributed by atoms with Crippen LogP contribution in [0.4, 0.5) is 0 Å². The molecule has 0 N–H and O–H groups in total. The molecule has 0 aliphatic carbocycles. The third-order valence-electron chi connectivity index (χ3n) is 11.9. The molecule has 7 nitrogen and oxygen atoms in total. The van der Waals surface area contributed by atoms with E-state index >= 15 is 0 Å². The highest BCUT2D eigenvalue weighted by Gasteiger charge is 2.22. The van der Waals surface area contributed by atoms with Gasteiger partial charge in [0.1, 0.15) is 11.2 Å². The second-order valence-corrected chi connectivity index (χ2v) is 16.7. The number of furan rings is 1. The number of para-hydroxylation sites is 2. The van der Waals surface area contributed by atoms with Crippen molar-refractivity contribution in [1.29, 1.82) is 0 Å². The Labute approximate surface area is 364 Å². The maximum atomic E-state index is 6.87. The van der Waals surface area contributed by atoms with Crippen molar-refractivity contribution >= 4 is 75.4 Å². The van der Waals surface area contributed by atoms with Crippen molar-refractivity contribution in [3.8, 4) is 62.5 Å². The molecular weight excluding hydrogens is 793 g/mol. The summed E-state index contributed by atoms with van der Waals surface area (Å²) in [6.45, 7) is 0. The number of hydrogen-bond acceptors (Lipinski definition) is 7. The topological polar surface area (TPSA) is 82.5 Å². The second-order valence-electron chi connectivity index (χ2n) is 15.6. The summed E-state index contributed by atoms with van der Waals surface area (Å²) in [5.74, 6) is 2.25. The highest BCUT2D eigenvalue weighted by Crippen LogP contribution is 2.42. The van der Waals surface area contributed by atoms with Gasteiger partial charge in [-0.3, -0.25) is 4.57 Å². The Hall–Kier alpha value is -8.33. The van der Waals surface area contributed by atoms with Crippen LogP contribution in [0.1, 0.15) is 0 Å². The summed E-state index contributed by atoms with van der Waals surface area (Å²) in [5, 5.41) is 5.31. The van der Waals surface area contributed by atoms with Gasteiger partial charge in [-0.25, -0.2) is 15.0 Å². The summed E-state index contributed by atoms with van der Waals surface area (Å²) < 4.78 is 11.3. The normalized spacial score (nSPS) is 11.8. The fraction of sp³-hybridized carbons (Fsp3) is 0. The minimum atomic E-state index is 0.515. The zero-order chi connectivity index (χ0) is 41.4. The molecule has 0 unspecified atom stereocenters. The van der Waals surface area contributed by atoms with E-state index in [0.29, 0.717) is 29.0 Å². The van der Waals surface area contributed by atoms with Crippen molar-refractivity contribution in [3.63, 3.8) is 0 Å². The van der Waals surface area contributed by atoms with Crippen LogP contribution in [-0.4, -0.2) is 29.5 Å². The fourth-order valence-corrected chi connectivity index (χ4v) is 10.1. The standard InChI is InChI=1S/C55H32N6OS/c1-4-15-33(16-5-1)36-28-30-45-43(31-36)38-21-10-12-25-44(38)61(45)55-59-52(35-19-8-3-9-20-35)58-54(60-55)42-24-14-23-40-39-29-27-37(32-46(39)62-50(40)42)53-56-48(34-17-6-2-7-18-34)51-49(57-53)41-22-11-13-26-47(41)63-51/h1-32H. The van der Waals surface area contributed by atoms with Crippen molar-refractivity contribution in [2.24, 2.45) is 0 Å². The van der Waals surface area contributed by atoms with Crippen LogP contribution in [0, 0.1) is 0 Å². The molecule has 0 aliphatic rings. The Morgan fingerprint density at radius 3 is 1.87 bits per heavy atom. The summed E-state index contributed by atoms with van der Waals surface area (Å²) in [6, 6.07) is 66.8. The van der Waals surface area contributed by atoms with Gasteiger partial charge in [-0.1, -0.05) is 152 Å². The van der Waals surface area contributed by atoms with E-state index < -0.39 is 0 Å². The van der Waals surface area contributed by atoms with Gasteiger partial charge in [0, 0.05) is 48.3 Å². The molecular formula is C55H32N6OS. The van der Waals surface area contributed by atoms with Gasteiger partial charge in [0.05, 0.1) is 32.5 Å². The molecule has 0 saturated heterocycles. The Morgan fingerprint density at radius 1 is 0.397 bits per heavy atom. The molecule has 0 fully saturated rings. The molecule has 294 valence electrons. The average molecular weight is 825 g/mol. The highest BCUT2D eigenvalue weighted by molar-refractivity contribution is 7.26. The van der Waals surface area contributed by atoms with Gasteiger partial charge in [-0.15, -0.1) is 11.3 Å². The predicted molar refractivity (Wildman–Crippen MR) is 257 cm³/mol. The summed E-state index contributed by atoms with van der Waals surface area (Å²) >= 11 is 1.73. The molecule has 13 aromatic rings. The van der Waals surface area contributed by atoms with Crippen molar-refractivity contribution in [2.75, 3.05) is 0 Å². The van der Waals surface area contributed by atoms with Crippen LogP contribution >= 0.6 is 11.3 Å². The summed E-state index contributed by atoms with van der Waals surface area (Å²) in [5.41, 5.74) is 11.2. The molecule has 0 amide bonds. The van der Waals surface area contributed by atoms with Crippen molar-refractivity contribution in [1.82, 2.24) is 29.5 Å². The maximum absolute atomic E-state index is 6.87. The SMILES string of the molecule is c1ccc(-c2ccc3c(c2)c2ccccc2n3-c2nc(-c3ccccc3)nc(-c3cccc4c3oc3cc(-c5nc(-c6ccccc6)c6sc7ccccc7c6n5)ccc34)n2)cc1. The molecule has 5 heterocycles. The lowest BCUT2D eigenvalue weighted by atomic mass is 10.0. The van der Waals surface area contributed by atoms with E-state index in [1.807, 2.05) is 54.6 Å². The van der Waals surface area contributed by atoms with Crippen LogP contribution in [-0.2, 0) is 0 Å². The number of benzene rings is 8. The van der Waals surface area contributed by atoms with Crippen LogP contribution in [0.2, 0.25) is 0 Å². The lowest BCUT2D eigenvalue weighted by molar-refractivity contribution is 0.669. The smallest absolute Gasteiger partial charge is 0.238 e. The third kappa shape index (κ3) is 5.76. The van der Waals surface area contributed by atoms with Crippen LogP contribution in [0.5, 0.6) is 0 Å². The van der Waals surface area contributed by atoms with Crippen LogP contribution in [0.25, 0.3) is 127 Å². The van der Waals surface area contributed by atoms with Gasteiger partial charge in [-0.2, -0.15) is 9.97 Å². The fourth-order valence-electron chi connectivity index (χ4n) is 8.93. The monoisotopic (exact) mass is 824 g/mol. The Balaban J connectivity index is 0.995. The van der Waals surface area contributed by atoms with Crippen molar-refractivity contribution in [3.05, 3.63) is 194 Å². The van der Waals surface area contributed by atoms with E-state index in [4.69, 9.17) is 29.3 Å². The van der Waals surface area contributed by atoms with E-state index in [1.165, 1.54) is 4.70 Å². The zero-order valence-corrected chi connectivity index (χ0v) is 34.3. The lowest BCUT2D eigenvalue weighted by Gasteiger charge is -2.11. The second kappa shape index (κ2) is 14.1. The summed E-state index contributed by atoms with van der Waals surface area (Å²) in [4.78, 5) is 26.1. The lowest BCUT2D eigenvalue weighted by Crippen LogP contribution is -2.06. The molecule has 0 saturated carbocycles. The first kappa shape index (κ1) is 35.4. The molecule has 0 aliphatic heterocycles. The molecule has 8 aromatic carbocycles. The van der Waals surface area contributed by atoms with Crippen molar-refractivity contribution in [2.45, 2.75) is 0 Å². The van der Waals surface area contributed by atoms with Gasteiger partial charge in [0.25, 0.3) is 0 Å². The van der Waals surface area contributed by atoms with E-state index in [1.54, 1.807) is 11.3 Å². The zero-order valence-electron chi connectivity index (χ0n) is 33.5. The molecule has 0 radical (unpaired) electrons. The van der Waals surface area contributed by atoms with E-state index in [-0.39, 0.29) is 0 Å². The molecule has 8 heteroatoms. The van der Waals surface area contributed by atoms with Gasteiger partial charge in [0.2, 0.25) is 5.95 Å². The average Bonchev–Trinajstić information content (AvgIpc) is 4.03. The van der Waals surface area contributed by atoms with Gasteiger partial charge < -0.3 is 4.42 Å². The first-order valence-corrected chi connectivity index (χ1v) is 21.6. The Bertz CT molecular complexity index is 3910. The van der Waals surface area contributed by atoms with E-state index in [2.05, 4.69) is 144 Å². The first-order chi connectivity index (χ1) is 31.2. The van der Waals surface area contributed by atoms with E-state index in [0.717, 1.165) is 92.8 Å². The molecule has 63 heavy (non-hydrogen) atoms. The van der Waals surface area contributed by atoms with Gasteiger partial charge in [0.15, 0.2) is 17.5 Å². The number of fused-ring (bicyclic) bond motifs is 9. The third-order valence-corrected chi connectivity index (χ3v) is 13.1. The minimum Gasteiger partial charge on any atom is -0.455 e. The van der Waals surface area contributed by atoms with Crippen molar-refractivity contribution < 1.29 is 4.42 Å². The first-order valence-electron chi connectivity index (χ1n) is 20.8. The number of aromatic nitrogens is 6. The molecule has 0 atom stereocenters. The van der Waals surface area contributed by atoms with Crippen LogP contribution in [0.15, 0.2) is 199 Å². The quantitative estimate of drug-likeness (QED) is 0.166. The Kier molecular flexibility index (Phi) is 7.94. The number of thiophene rings is 1. The summed E-state index contributed by atoms with van der Waals surface area (Å²) in [7, 11) is 0. The highest BCUT2D eigenvalue weighted by atomic mass is 32.1. The molecule has 5 aromatic heterocycles. The van der Waals surface area contributed by atoms with Crippen LogP contribution in [0.3, 0.4) is 0 Å². The largest absolute Gasteiger partial charge is 0.455 e. The predicted octanol–water partition coefficient (Wildman–Crippen LogP) is 14.4. The maximum Gasteiger partial charge on any atom is 0.238 e. The summed E-state index contributed by atoms with van der Waals surface area (Å²) in [6.07, 6.45) is 0. The molecule has 13 rings (SSSR count).